The highest BCUT2D eigenvalue weighted by molar-refractivity contribution is 5.68. The molecule has 0 spiro atoms. The van der Waals surface area contributed by atoms with E-state index in [1.54, 1.807) is 29.0 Å². The Morgan fingerprint density at radius 1 is 1.14 bits per heavy atom. The molecule has 1 N–H and O–H groups in total. The molecule has 2 aliphatic heterocycles. The molecule has 4 heterocycles. The number of hydrogen-bond acceptors (Lipinski definition) is 7. The molecule has 2 aromatic heterocycles. The van der Waals surface area contributed by atoms with Crippen molar-refractivity contribution in [1.82, 2.24) is 14.5 Å². The predicted molar refractivity (Wildman–Crippen MR) is 136 cm³/mol. The number of benzene rings is 2. The highest BCUT2D eigenvalue weighted by atomic mass is 16.6. The Morgan fingerprint density at radius 2 is 2.03 bits per heavy atom. The SMILES string of the molecule is O=c1nc(OCC2COc3ncccc3O2)cc2n1CCc1cc(C#CC(O)c3ccccc3)ccc1-2. The van der Waals surface area contributed by atoms with E-state index in [1.165, 1.54) is 0 Å². The lowest BCUT2D eigenvalue weighted by atomic mass is 9.95. The topological polar surface area (TPSA) is 95.7 Å². The van der Waals surface area contributed by atoms with E-state index < -0.39 is 6.10 Å². The largest absolute Gasteiger partial charge is 0.478 e. The first kappa shape index (κ1) is 22.8. The van der Waals surface area contributed by atoms with Crippen molar-refractivity contribution in [2.75, 3.05) is 13.2 Å². The van der Waals surface area contributed by atoms with E-state index in [-0.39, 0.29) is 24.3 Å². The van der Waals surface area contributed by atoms with Gasteiger partial charge in [-0.1, -0.05) is 48.2 Å². The molecule has 2 unspecified atom stereocenters. The molecule has 4 aromatic rings. The number of aromatic nitrogens is 3. The van der Waals surface area contributed by atoms with Crippen LogP contribution in [0.4, 0.5) is 0 Å². The normalized spacial score (nSPS) is 16.0. The molecule has 0 bridgehead atoms. The fourth-order valence-corrected chi connectivity index (χ4v) is 4.45. The molecule has 184 valence electrons. The molecule has 0 radical (unpaired) electrons. The summed E-state index contributed by atoms with van der Waals surface area (Å²) in [5, 5.41) is 10.4. The minimum Gasteiger partial charge on any atom is -0.478 e. The van der Waals surface area contributed by atoms with Crippen molar-refractivity contribution in [3.8, 4) is 40.6 Å². The molecule has 2 aliphatic rings. The second-order valence-corrected chi connectivity index (χ2v) is 8.79. The third kappa shape index (κ3) is 4.77. The Kier molecular flexibility index (Phi) is 6.05. The van der Waals surface area contributed by atoms with E-state index in [9.17, 15) is 9.90 Å². The van der Waals surface area contributed by atoms with E-state index in [1.807, 2.05) is 48.5 Å². The number of fused-ring (bicyclic) bond motifs is 4. The maximum atomic E-state index is 12.7. The van der Waals surface area contributed by atoms with E-state index >= 15 is 0 Å². The summed E-state index contributed by atoms with van der Waals surface area (Å²) in [5.41, 5.74) is 3.96. The third-order valence-electron chi connectivity index (χ3n) is 6.30. The van der Waals surface area contributed by atoms with Gasteiger partial charge in [-0.25, -0.2) is 9.78 Å². The number of ether oxygens (including phenoxy) is 3. The average Bonchev–Trinajstić information content (AvgIpc) is 2.95. The monoisotopic (exact) mass is 493 g/mol. The van der Waals surface area contributed by atoms with Crippen LogP contribution < -0.4 is 19.9 Å². The van der Waals surface area contributed by atoms with Gasteiger partial charge in [0.2, 0.25) is 5.88 Å². The van der Waals surface area contributed by atoms with Gasteiger partial charge in [-0.05, 0) is 41.8 Å². The van der Waals surface area contributed by atoms with Crippen LogP contribution in [-0.4, -0.2) is 39.0 Å². The van der Waals surface area contributed by atoms with Gasteiger partial charge in [-0.2, -0.15) is 4.98 Å². The highest BCUT2D eigenvalue weighted by Crippen LogP contribution is 2.31. The van der Waals surface area contributed by atoms with Crippen LogP contribution in [0.3, 0.4) is 0 Å². The molecule has 37 heavy (non-hydrogen) atoms. The van der Waals surface area contributed by atoms with Crippen molar-refractivity contribution in [1.29, 1.82) is 0 Å². The van der Waals surface area contributed by atoms with Gasteiger partial charge in [0.1, 0.15) is 19.3 Å². The molecule has 0 aliphatic carbocycles. The molecule has 0 amide bonds. The van der Waals surface area contributed by atoms with Crippen LogP contribution in [-0.2, 0) is 13.0 Å². The van der Waals surface area contributed by atoms with Crippen LogP contribution in [0.1, 0.15) is 22.8 Å². The van der Waals surface area contributed by atoms with Crippen molar-refractivity contribution in [3.63, 3.8) is 0 Å². The second kappa shape index (κ2) is 9.80. The molecular weight excluding hydrogens is 470 g/mol. The summed E-state index contributed by atoms with van der Waals surface area (Å²) in [6.07, 6.45) is 1.12. The van der Waals surface area contributed by atoms with Crippen molar-refractivity contribution in [3.05, 3.63) is 100 Å². The van der Waals surface area contributed by atoms with E-state index in [0.29, 0.717) is 31.2 Å². The van der Waals surface area contributed by atoms with E-state index in [0.717, 1.165) is 27.9 Å². The smallest absolute Gasteiger partial charge is 0.351 e. The zero-order valence-corrected chi connectivity index (χ0v) is 19.8. The van der Waals surface area contributed by atoms with Crippen LogP contribution in [0.25, 0.3) is 11.3 Å². The van der Waals surface area contributed by atoms with Crippen LogP contribution in [0, 0.1) is 11.8 Å². The number of rotatable bonds is 4. The Bertz CT molecular complexity index is 1570. The number of nitrogens with zero attached hydrogens (tertiary/aromatic N) is 3. The lowest BCUT2D eigenvalue weighted by molar-refractivity contribution is 0.0486. The van der Waals surface area contributed by atoms with Crippen LogP contribution in [0.5, 0.6) is 17.5 Å². The van der Waals surface area contributed by atoms with Gasteiger partial charge in [-0.3, -0.25) is 4.57 Å². The standard InChI is InChI=1S/C29H23N3O5/c33-25(20-5-2-1-3-6-20)11-9-19-8-10-23-21(15-19)12-14-32-24(23)16-27(31-29(32)34)35-17-22-18-36-28-26(37-22)7-4-13-30-28/h1-8,10,13,15-16,22,25,33H,12,14,17-18H2. The van der Waals surface area contributed by atoms with Crippen molar-refractivity contribution in [2.24, 2.45) is 0 Å². The molecule has 8 nitrogen and oxygen atoms in total. The zero-order chi connectivity index (χ0) is 25.2. The van der Waals surface area contributed by atoms with Crippen LogP contribution >= 0.6 is 0 Å². The highest BCUT2D eigenvalue weighted by Gasteiger charge is 2.24. The van der Waals surface area contributed by atoms with Gasteiger partial charge < -0.3 is 19.3 Å². The van der Waals surface area contributed by atoms with Crippen LogP contribution in [0.15, 0.2) is 77.7 Å². The van der Waals surface area contributed by atoms with Crippen molar-refractivity contribution in [2.45, 2.75) is 25.2 Å². The zero-order valence-electron chi connectivity index (χ0n) is 19.8. The fourth-order valence-electron chi connectivity index (χ4n) is 4.45. The Hall–Kier alpha value is -4.61. The van der Waals surface area contributed by atoms with Gasteiger partial charge in [-0.15, -0.1) is 0 Å². The van der Waals surface area contributed by atoms with Gasteiger partial charge in [0.05, 0.1) is 5.69 Å². The second-order valence-electron chi connectivity index (χ2n) is 8.79. The summed E-state index contributed by atoms with van der Waals surface area (Å²) in [7, 11) is 0. The number of aliphatic hydroxyl groups excluding tert-OH is 1. The quantitative estimate of drug-likeness (QED) is 0.437. The Labute approximate surface area is 213 Å². The summed E-state index contributed by atoms with van der Waals surface area (Å²) < 4.78 is 19.0. The minimum absolute atomic E-state index is 0.176. The molecular formula is C29H23N3O5. The fraction of sp³-hybridized carbons (Fsp3) is 0.207. The molecule has 8 heteroatoms. The van der Waals surface area contributed by atoms with Crippen molar-refractivity contribution < 1.29 is 19.3 Å². The Balaban J connectivity index is 1.20. The predicted octanol–water partition coefficient (Wildman–Crippen LogP) is 3.17. The molecule has 6 rings (SSSR count). The maximum Gasteiger partial charge on any atom is 0.351 e. The van der Waals surface area contributed by atoms with Gasteiger partial charge in [0.15, 0.2) is 11.9 Å². The summed E-state index contributed by atoms with van der Waals surface area (Å²) in [6.45, 7) is 0.982. The summed E-state index contributed by atoms with van der Waals surface area (Å²) in [4.78, 5) is 21.0. The Morgan fingerprint density at radius 3 is 2.92 bits per heavy atom. The van der Waals surface area contributed by atoms with E-state index in [4.69, 9.17) is 14.2 Å². The maximum absolute atomic E-state index is 12.7. The van der Waals surface area contributed by atoms with Crippen molar-refractivity contribution >= 4 is 0 Å². The lowest BCUT2D eigenvalue weighted by Crippen LogP contribution is -2.35. The van der Waals surface area contributed by atoms with Gasteiger partial charge >= 0.3 is 5.69 Å². The van der Waals surface area contributed by atoms with Gasteiger partial charge in [0.25, 0.3) is 5.88 Å². The first-order chi connectivity index (χ1) is 18.1. The third-order valence-corrected chi connectivity index (χ3v) is 6.30. The lowest BCUT2D eigenvalue weighted by Gasteiger charge is -2.25. The number of aliphatic hydroxyl groups is 1. The first-order valence-corrected chi connectivity index (χ1v) is 12.0. The number of aryl methyl sites for hydroxylation is 1. The molecule has 0 saturated heterocycles. The first-order valence-electron chi connectivity index (χ1n) is 12.0. The molecule has 2 aromatic carbocycles. The molecule has 0 fully saturated rings. The van der Waals surface area contributed by atoms with Crippen LogP contribution in [0.2, 0.25) is 0 Å². The summed E-state index contributed by atoms with van der Waals surface area (Å²) in [6, 6.07) is 20.5. The molecule has 2 atom stereocenters. The summed E-state index contributed by atoms with van der Waals surface area (Å²) >= 11 is 0. The number of pyridine rings is 1. The molecule has 0 saturated carbocycles. The van der Waals surface area contributed by atoms with E-state index in [2.05, 4.69) is 21.8 Å². The summed E-state index contributed by atoms with van der Waals surface area (Å²) in [5.74, 6) is 7.23. The minimum atomic E-state index is -0.856. The number of hydrogen-bond donors (Lipinski definition) is 1. The average molecular weight is 494 g/mol. The van der Waals surface area contributed by atoms with Gasteiger partial charge in [0, 0.05) is 29.9 Å².